The molecule has 0 bridgehead atoms. The molecule has 152 valence electrons. The van der Waals surface area contributed by atoms with Crippen LogP contribution >= 0.6 is 23.1 Å². The van der Waals surface area contributed by atoms with Gasteiger partial charge in [0.25, 0.3) is 5.56 Å². The summed E-state index contributed by atoms with van der Waals surface area (Å²) in [5.74, 6) is 0.289. The molecule has 0 aliphatic heterocycles. The molecular formula is C22H25N3O2S2. The Labute approximate surface area is 178 Å². The second-order valence-corrected chi connectivity index (χ2v) is 9.64. The molecule has 2 heterocycles. The van der Waals surface area contributed by atoms with Crippen LogP contribution in [0.25, 0.3) is 10.2 Å². The van der Waals surface area contributed by atoms with Gasteiger partial charge in [-0.1, -0.05) is 36.0 Å². The van der Waals surface area contributed by atoms with E-state index in [1.807, 2.05) is 25.2 Å². The van der Waals surface area contributed by atoms with Crippen LogP contribution in [0.1, 0.15) is 34.4 Å². The molecule has 1 aliphatic carbocycles. The van der Waals surface area contributed by atoms with Crippen molar-refractivity contribution in [2.75, 3.05) is 12.8 Å². The van der Waals surface area contributed by atoms with E-state index in [2.05, 4.69) is 13.0 Å². The van der Waals surface area contributed by atoms with Crippen LogP contribution in [0.2, 0.25) is 0 Å². The molecule has 0 saturated carbocycles. The zero-order valence-electron chi connectivity index (χ0n) is 17.0. The number of carbonyl (C=O) groups excluding carboxylic acids is 1. The average molecular weight is 428 g/mol. The van der Waals surface area contributed by atoms with E-state index in [1.165, 1.54) is 34.2 Å². The van der Waals surface area contributed by atoms with Crippen molar-refractivity contribution in [3.63, 3.8) is 0 Å². The number of thiophene rings is 1. The van der Waals surface area contributed by atoms with Crippen molar-refractivity contribution in [3.05, 3.63) is 56.2 Å². The Morgan fingerprint density at radius 3 is 2.83 bits per heavy atom. The van der Waals surface area contributed by atoms with Crippen LogP contribution in [-0.2, 0) is 31.2 Å². The fraction of sp³-hybridized carbons (Fsp3) is 0.409. The zero-order chi connectivity index (χ0) is 20.5. The predicted molar refractivity (Wildman–Crippen MR) is 120 cm³/mol. The lowest BCUT2D eigenvalue weighted by Crippen LogP contribution is -2.28. The highest BCUT2D eigenvalue weighted by Gasteiger charge is 2.22. The monoisotopic (exact) mass is 427 g/mol. The first-order valence-electron chi connectivity index (χ1n) is 9.88. The van der Waals surface area contributed by atoms with Gasteiger partial charge in [-0.2, -0.15) is 0 Å². The number of rotatable bonds is 5. The van der Waals surface area contributed by atoms with Gasteiger partial charge in [0, 0.05) is 25.5 Å². The number of aromatic nitrogens is 2. The lowest BCUT2D eigenvalue weighted by atomic mass is 9.97. The Morgan fingerprint density at radius 1 is 1.28 bits per heavy atom. The molecule has 0 fully saturated rings. The first-order chi connectivity index (χ1) is 14.0. The van der Waals surface area contributed by atoms with Gasteiger partial charge in [-0.3, -0.25) is 14.2 Å². The average Bonchev–Trinajstić information content (AvgIpc) is 3.09. The number of aryl methyl sites for hydroxylation is 3. The van der Waals surface area contributed by atoms with E-state index in [4.69, 9.17) is 4.98 Å². The Morgan fingerprint density at radius 2 is 2.03 bits per heavy atom. The largest absolute Gasteiger partial charge is 0.341 e. The number of hydrogen-bond acceptors (Lipinski definition) is 5. The number of thioether (sulfide) groups is 1. The Bertz CT molecular complexity index is 1130. The third-order valence-corrected chi connectivity index (χ3v) is 7.77. The summed E-state index contributed by atoms with van der Waals surface area (Å²) in [5.41, 5.74) is 3.54. The first kappa shape index (κ1) is 20.2. The number of amides is 1. The van der Waals surface area contributed by atoms with Crippen LogP contribution in [0.5, 0.6) is 0 Å². The molecule has 0 atom stereocenters. The predicted octanol–water partition coefficient (Wildman–Crippen LogP) is 3.93. The minimum Gasteiger partial charge on any atom is -0.341 e. The molecule has 3 aromatic rings. The number of carbonyl (C=O) groups is 1. The van der Waals surface area contributed by atoms with Crippen LogP contribution in [0.15, 0.2) is 34.2 Å². The minimum absolute atomic E-state index is 0.0117. The van der Waals surface area contributed by atoms with Crippen molar-refractivity contribution in [2.24, 2.45) is 7.05 Å². The molecule has 7 heteroatoms. The molecule has 4 rings (SSSR count). The van der Waals surface area contributed by atoms with Crippen LogP contribution in [0.3, 0.4) is 0 Å². The van der Waals surface area contributed by atoms with E-state index in [0.717, 1.165) is 35.0 Å². The van der Waals surface area contributed by atoms with Crippen LogP contribution in [-0.4, -0.2) is 33.2 Å². The Hall–Kier alpha value is -2.12. The summed E-state index contributed by atoms with van der Waals surface area (Å²) in [6.07, 6.45) is 4.34. The van der Waals surface area contributed by atoms with Gasteiger partial charge in [-0.05, 0) is 49.3 Å². The molecule has 0 spiro atoms. The molecule has 1 aromatic carbocycles. The second kappa shape index (κ2) is 8.32. The molecule has 1 amide bonds. The molecule has 2 aromatic heterocycles. The van der Waals surface area contributed by atoms with Crippen molar-refractivity contribution in [1.29, 1.82) is 0 Å². The second-order valence-electron chi connectivity index (χ2n) is 7.61. The van der Waals surface area contributed by atoms with E-state index in [0.29, 0.717) is 11.7 Å². The highest BCUT2D eigenvalue weighted by atomic mass is 32.2. The number of nitrogens with zero attached hydrogens (tertiary/aromatic N) is 3. The first-order valence-corrected chi connectivity index (χ1v) is 11.7. The van der Waals surface area contributed by atoms with Gasteiger partial charge in [0.05, 0.1) is 11.1 Å². The third kappa shape index (κ3) is 3.98. The molecule has 0 radical (unpaired) electrons. The highest BCUT2D eigenvalue weighted by Crippen LogP contribution is 2.34. The van der Waals surface area contributed by atoms with Crippen molar-refractivity contribution in [1.82, 2.24) is 14.5 Å². The van der Waals surface area contributed by atoms with E-state index < -0.39 is 0 Å². The standard InChI is InChI=1S/C22H25N3O2S2/c1-14-8-4-5-9-15(14)12-24(2)18(26)13-28-22-23-20-19(21(27)25(22)3)16-10-6-7-11-17(16)29-20/h4-5,8-9H,6-7,10-13H2,1-3H3. The molecule has 0 saturated heterocycles. The maximum absolute atomic E-state index is 13.0. The lowest BCUT2D eigenvalue weighted by molar-refractivity contribution is -0.127. The van der Waals surface area contributed by atoms with E-state index in [1.54, 1.807) is 27.9 Å². The van der Waals surface area contributed by atoms with Crippen LogP contribution in [0.4, 0.5) is 0 Å². The van der Waals surface area contributed by atoms with Gasteiger partial charge in [0.15, 0.2) is 5.16 Å². The molecule has 1 aliphatic rings. The number of fused-ring (bicyclic) bond motifs is 3. The van der Waals surface area contributed by atoms with Crippen LogP contribution < -0.4 is 5.56 Å². The normalized spacial score (nSPS) is 13.5. The number of benzene rings is 1. The van der Waals surface area contributed by atoms with Gasteiger partial charge in [0.2, 0.25) is 5.91 Å². The quantitative estimate of drug-likeness (QED) is 0.457. The smallest absolute Gasteiger partial charge is 0.262 e. The van der Waals surface area contributed by atoms with Gasteiger partial charge < -0.3 is 4.90 Å². The summed E-state index contributed by atoms with van der Waals surface area (Å²) in [4.78, 5) is 34.2. The maximum Gasteiger partial charge on any atom is 0.262 e. The molecule has 0 unspecified atom stereocenters. The highest BCUT2D eigenvalue weighted by molar-refractivity contribution is 7.99. The Balaban J connectivity index is 1.51. The summed E-state index contributed by atoms with van der Waals surface area (Å²) in [7, 11) is 3.57. The minimum atomic E-state index is 0.0117. The summed E-state index contributed by atoms with van der Waals surface area (Å²) >= 11 is 2.99. The zero-order valence-corrected chi connectivity index (χ0v) is 18.7. The summed E-state index contributed by atoms with van der Waals surface area (Å²) < 4.78 is 1.60. The fourth-order valence-electron chi connectivity index (χ4n) is 3.76. The van der Waals surface area contributed by atoms with Gasteiger partial charge in [0.1, 0.15) is 4.83 Å². The van der Waals surface area contributed by atoms with Crippen molar-refractivity contribution < 1.29 is 4.79 Å². The van der Waals surface area contributed by atoms with E-state index in [-0.39, 0.29) is 17.2 Å². The van der Waals surface area contributed by atoms with Crippen molar-refractivity contribution in [2.45, 2.75) is 44.3 Å². The molecule has 5 nitrogen and oxygen atoms in total. The topological polar surface area (TPSA) is 55.2 Å². The van der Waals surface area contributed by atoms with Gasteiger partial charge in [-0.25, -0.2) is 4.98 Å². The van der Waals surface area contributed by atoms with Crippen LogP contribution in [0, 0.1) is 6.92 Å². The summed E-state index contributed by atoms with van der Waals surface area (Å²) in [6, 6.07) is 8.09. The molecule has 29 heavy (non-hydrogen) atoms. The van der Waals surface area contributed by atoms with E-state index in [9.17, 15) is 9.59 Å². The van der Waals surface area contributed by atoms with E-state index >= 15 is 0 Å². The lowest BCUT2D eigenvalue weighted by Gasteiger charge is -2.18. The summed E-state index contributed by atoms with van der Waals surface area (Å²) in [6.45, 7) is 2.63. The SMILES string of the molecule is Cc1ccccc1CN(C)C(=O)CSc1nc2sc3c(c2c(=O)n1C)CCCC3. The van der Waals surface area contributed by atoms with Gasteiger partial charge >= 0.3 is 0 Å². The number of hydrogen-bond donors (Lipinski definition) is 0. The maximum atomic E-state index is 13.0. The molecular weight excluding hydrogens is 402 g/mol. The summed E-state index contributed by atoms with van der Waals surface area (Å²) in [5, 5.41) is 1.40. The van der Waals surface area contributed by atoms with Crippen molar-refractivity contribution in [3.8, 4) is 0 Å². The Kier molecular flexibility index (Phi) is 5.79. The van der Waals surface area contributed by atoms with Crippen molar-refractivity contribution >= 4 is 39.2 Å². The third-order valence-electron chi connectivity index (χ3n) is 5.57. The molecule has 0 N–H and O–H groups in total. The fourth-order valence-corrected chi connectivity index (χ4v) is 5.98. The van der Waals surface area contributed by atoms with Gasteiger partial charge in [-0.15, -0.1) is 11.3 Å².